The summed E-state index contributed by atoms with van der Waals surface area (Å²) in [4.78, 5) is 0. The second-order valence-electron chi connectivity index (χ2n) is 1.56. The normalized spacial score (nSPS) is 14.7. The highest BCUT2D eigenvalue weighted by molar-refractivity contribution is 7.99. The first-order valence-electron chi connectivity index (χ1n) is 2.66. The van der Waals surface area contributed by atoms with Crippen LogP contribution in [0.2, 0.25) is 0 Å². The number of hydrogen-bond donors (Lipinski definition) is 2. The Hall–Kier alpha value is -0.0200. The van der Waals surface area contributed by atoms with Gasteiger partial charge in [0.2, 0.25) is 21.3 Å². The lowest BCUT2D eigenvalue weighted by molar-refractivity contribution is 0.192. The van der Waals surface area contributed by atoms with Gasteiger partial charge in [0.05, 0.1) is 0 Å². The molecule has 6 nitrogen and oxygen atoms in total. The third-order valence-electron chi connectivity index (χ3n) is 0.641. The molecule has 0 aromatic heterocycles. The third-order valence-corrected chi connectivity index (χ3v) is 2.70. The van der Waals surface area contributed by atoms with Crippen molar-refractivity contribution < 1.29 is 21.9 Å². The second kappa shape index (κ2) is 4.78. The summed E-state index contributed by atoms with van der Waals surface area (Å²) in [7, 11) is -3.77. The van der Waals surface area contributed by atoms with Gasteiger partial charge in [0.1, 0.15) is 0 Å². The SMILES string of the molecule is CCOCS(=O)(=O)NS(=O)O. The van der Waals surface area contributed by atoms with E-state index in [0.29, 0.717) is 0 Å². The van der Waals surface area contributed by atoms with Crippen molar-refractivity contribution in [2.45, 2.75) is 6.92 Å². The van der Waals surface area contributed by atoms with Gasteiger partial charge in [-0.2, -0.15) is 0 Å². The number of sulfonamides is 1. The first kappa shape index (κ1) is 11.0. The van der Waals surface area contributed by atoms with Gasteiger partial charge < -0.3 is 4.74 Å². The van der Waals surface area contributed by atoms with Gasteiger partial charge in [-0.05, 0) is 6.92 Å². The third kappa shape index (κ3) is 6.38. The fourth-order valence-corrected chi connectivity index (χ4v) is 1.77. The molecule has 0 bridgehead atoms. The van der Waals surface area contributed by atoms with E-state index < -0.39 is 27.2 Å². The van der Waals surface area contributed by atoms with E-state index in [1.807, 2.05) is 0 Å². The van der Waals surface area contributed by atoms with Gasteiger partial charge in [0.25, 0.3) is 0 Å². The van der Waals surface area contributed by atoms with Crippen molar-refractivity contribution in [2.24, 2.45) is 0 Å². The first-order valence-corrected chi connectivity index (χ1v) is 5.42. The lowest BCUT2D eigenvalue weighted by atomic mass is 10.9. The van der Waals surface area contributed by atoms with Crippen LogP contribution in [-0.4, -0.2) is 29.7 Å². The van der Waals surface area contributed by atoms with Gasteiger partial charge in [0, 0.05) is 6.61 Å². The summed E-state index contributed by atoms with van der Waals surface area (Å²) in [5.41, 5.74) is 0. The van der Waals surface area contributed by atoms with Crippen LogP contribution in [0.3, 0.4) is 0 Å². The van der Waals surface area contributed by atoms with E-state index in [1.54, 1.807) is 6.92 Å². The zero-order valence-electron chi connectivity index (χ0n) is 5.81. The van der Waals surface area contributed by atoms with Crippen LogP contribution in [0.1, 0.15) is 6.92 Å². The fourth-order valence-electron chi connectivity index (χ4n) is 0.326. The van der Waals surface area contributed by atoms with Crippen molar-refractivity contribution in [2.75, 3.05) is 12.5 Å². The van der Waals surface area contributed by atoms with E-state index >= 15 is 0 Å². The van der Waals surface area contributed by atoms with E-state index in [1.165, 1.54) is 4.13 Å². The zero-order valence-corrected chi connectivity index (χ0v) is 7.44. The molecule has 1 unspecified atom stereocenters. The van der Waals surface area contributed by atoms with Crippen LogP contribution in [0, 0.1) is 0 Å². The summed E-state index contributed by atoms with van der Waals surface area (Å²) in [5, 5.41) is 0. The van der Waals surface area contributed by atoms with Gasteiger partial charge >= 0.3 is 0 Å². The average molecular weight is 203 g/mol. The van der Waals surface area contributed by atoms with Crippen molar-refractivity contribution in [1.82, 2.24) is 4.13 Å². The van der Waals surface area contributed by atoms with E-state index in [9.17, 15) is 12.6 Å². The Morgan fingerprint density at radius 2 is 2.18 bits per heavy atom. The quantitative estimate of drug-likeness (QED) is 0.561. The predicted molar refractivity (Wildman–Crippen MR) is 39.3 cm³/mol. The zero-order chi connectivity index (χ0) is 8.91. The Labute approximate surface area is 67.4 Å². The molecular formula is C3H9NO5S2. The molecule has 0 saturated heterocycles. The van der Waals surface area contributed by atoms with E-state index in [4.69, 9.17) is 4.55 Å². The highest BCUT2D eigenvalue weighted by Crippen LogP contribution is 1.86. The Bertz CT molecular complexity index is 222. The summed E-state index contributed by atoms with van der Waals surface area (Å²) in [5.74, 6) is -0.601. The Kier molecular flexibility index (Phi) is 4.77. The van der Waals surface area contributed by atoms with Crippen molar-refractivity contribution in [3.8, 4) is 0 Å². The van der Waals surface area contributed by atoms with Crippen LogP contribution in [0.15, 0.2) is 0 Å². The molecule has 0 rings (SSSR count). The standard InChI is InChI=1S/C3H9NO5S2/c1-2-9-3-11(7,8)4-10(5)6/h4H,2-3H2,1H3,(H,5,6). The summed E-state index contributed by atoms with van der Waals surface area (Å²) in [6.45, 7) is 1.85. The van der Waals surface area contributed by atoms with Gasteiger partial charge in [-0.25, -0.2) is 12.6 Å². The van der Waals surface area contributed by atoms with E-state index in [-0.39, 0.29) is 6.61 Å². The maximum Gasteiger partial charge on any atom is 0.248 e. The topological polar surface area (TPSA) is 92.7 Å². The van der Waals surface area contributed by atoms with Crippen molar-refractivity contribution in [3.63, 3.8) is 0 Å². The summed E-state index contributed by atoms with van der Waals surface area (Å²) in [6, 6.07) is 0. The maximum absolute atomic E-state index is 10.6. The van der Waals surface area contributed by atoms with Gasteiger partial charge in [0.15, 0.2) is 5.94 Å². The molecule has 0 aliphatic carbocycles. The number of hydrogen-bond acceptors (Lipinski definition) is 4. The summed E-state index contributed by atoms with van der Waals surface area (Å²) < 4.78 is 45.2. The van der Waals surface area contributed by atoms with E-state index in [2.05, 4.69) is 4.74 Å². The molecule has 0 amide bonds. The van der Waals surface area contributed by atoms with Crippen LogP contribution in [0.5, 0.6) is 0 Å². The Morgan fingerprint density at radius 1 is 1.64 bits per heavy atom. The molecule has 0 radical (unpaired) electrons. The van der Waals surface area contributed by atoms with Crippen molar-refractivity contribution >= 4 is 21.3 Å². The number of ether oxygens (including phenoxy) is 1. The van der Waals surface area contributed by atoms with Crippen LogP contribution >= 0.6 is 0 Å². The van der Waals surface area contributed by atoms with Gasteiger partial charge in [-0.15, -0.1) is 4.13 Å². The highest BCUT2D eigenvalue weighted by atomic mass is 32.3. The monoisotopic (exact) mass is 203 g/mol. The molecular weight excluding hydrogens is 194 g/mol. The second-order valence-corrected chi connectivity index (χ2v) is 4.19. The molecule has 68 valence electrons. The van der Waals surface area contributed by atoms with Gasteiger partial charge in [-0.3, -0.25) is 4.55 Å². The molecule has 0 aromatic carbocycles. The van der Waals surface area contributed by atoms with Crippen molar-refractivity contribution in [1.29, 1.82) is 0 Å². The van der Waals surface area contributed by atoms with Crippen molar-refractivity contribution in [3.05, 3.63) is 0 Å². The molecule has 0 aromatic rings. The molecule has 8 heteroatoms. The Balaban J connectivity index is 3.92. The summed E-state index contributed by atoms with van der Waals surface area (Å²) >= 11 is -2.56. The lowest BCUT2D eigenvalue weighted by Crippen LogP contribution is -2.28. The predicted octanol–water partition coefficient (Wildman–Crippen LogP) is -0.964. The van der Waals surface area contributed by atoms with Gasteiger partial charge in [-0.1, -0.05) is 0 Å². The smallest absolute Gasteiger partial charge is 0.248 e. The summed E-state index contributed by atoms with van der Waals surface area (Å²) in [6.07, 6.45) is 0. The van der Waals surface area contributed by atoms with Crippen LogP contribution in [0.4, 0.5) is 0 Å². The first-order chi connectivity index (χ1) is 4.98. The minimum absolute atomic E-state index is 0.235. The Morgan fingerprint density at radius 3 is 2.55 bits per heavy atom. The molecule has 0 aliphatic rings. The highest BCUT2D eigenvalue weighted by Gasteiger charge is 2.11. The van der Waals surface area contributed by atoms with Crippen LogP contribution in [-0.2, 0) is 26.0 Å². The molecule has 11 heavy (non-hydrogen) atoms. The molecule has 0 heterocycles. The lowest BCUT2D eigenvalue weighted by Gasteiger charge is -2.01. The minimum Gasteiger partial charge on any atom is -0.364 e. The van der Waals surface area contributed by atoms with E-state index in [0.717, 1.165) is 0 Å². The maximum atomic E-state index is 10.6. The molecule has 0 saturated carbocycles. The fraction of sp³-hybridized carbons (Fsp3) is 1.00. The van der Waals surface area contributed by atoms with Crippen LogP contribution < -0.4 is 4.13 Å². The molecule has 0 fully saturated rings. The minimum atomic E-state index is -3.77. The number of nitrogens with one attached hydrogen (secondary N) is 1. The number of rotatable bonds is 5. The largest absolute Gasteiger partial charge is 0.364 e. The molecule has 1 atom stereocenters. The average Bonchev–Trinajstić information content (AvgIpc) is 1.81. The molecule has 0 spiro atoms. The molecule has 2 N–H and O–H groups in total. The molecule has 0 aliphatic heterocycles. The van der Waals surface area contributed by atoms with Crippen LogP contribution in [0.25, 0.3) is 0 Å².